The quantitative estimate of drug-likeness (QED) is 0.791. The second-order valence-corrected chi connectivity index (χ2v) is 7.82. The molecule has 0 aromatic heterocycles. The van der Waals surface area contributed by atoms with Crippen molar-refractivity contribution in [3.63, 3.8) is 0 Å². The van der Waals surface area contributed by atoms with E-state index in [1.54, 1.807) is 0 Å². The van der Waals surface area contributed by atoms with Crippen LogP contribution in [-0.2, 0) is 0 Å². The van der Waals surface area contributed by atoms with Crippen molar-refractivity contribution in [3.8, 4) is 0 Å². The average molecular weight is 301 g/mol. The van der Waals surface area contributed by atoms with Gasteiger partial charge in [-0.25, -0.2) is 0 Å². The first-order chi connectivity index (χ1) is 4.30. The second-order valence-electron chi connectivity index (χ2n) is 1.52. The fourth-order valence-corrected chi connectivity index (χ4v) is 2.87. The van der Waals surface area contributed by atoms with E-state index in [0.29, 0.717) is 0 Å². The van der Waals surface area contributed by atoms with Gasteiger partial charge >= 0.3 is 68.0 Å². The summed E-state index contributed by atoms with van der Waals surface area (Å²) in [4.78, 5) is 0. The second kappa shape index (κ2) is 3.53. The minimum absolute atomic E-state index is 1.04. The van der Waals surface area contributed by atoms with Crippen LogP contribution in [0.3, 0.4) is 0 Å². The Morgan fingerprint density at radius 1 is 1.22 bits per heavy atom. The van der Waals surface area contributed by atoms with Gasteiger partial charge in [0.25, 0.3) is 0 Å². The zero-order valence-electron chi connectivity index (χ0n) is 4.59. The molecule has 0 fully saturated rings. The Morgan fingerprint density at radius 3 is 2.11 bits per heavy atom. The van der Waals surface area contributed by atoms with E-state index in [1.165, 1.54) is 0 Å². The van der Waals surface area contributed by atoms with E-state index in [-0.39, 0.29) is 0 Å². The molecule has 1 aromatic rings. The van der Waals surface area contributed by atoms with Crippen molar-refractivity contribution in [1.29, 1.82) is 0 Å². The molecule has 3 heteroatoms. The van der Waals surface area contributed by atoms with Crippen LogP contribution >= 0.6 is 30.7 Å². The molecule has 0 bridgehead atoms. The molecule has 1 N–H and O–H groups in total. The SMILES string of the molecule is OI(Br)c1ccccc1. The zero-order valence-corrected chi connectivity index (χ0v) is 8.33. The van der Waals surface area contributed by atoms with Crippen LogP contribution < -0.4 is 0 Å². The number of hydrogen-bond acceptors (Lipinski definition) is 1. The molecule has 0 saturated carbocycles. The maximum atomic E-state index is 9.10. The first-order valence-corrected chi connectivity index (χ1v) is 9.29. The van der Waals surface area contributed by atoms with Crippen LogP contribution in [0.4, 0.5) is 0 Å². The average Bonchev–Trinajstić information content (AvgIpc) is 1.90. The number of hydrogen-bond donors (Lipinski definition) is 1. The van der Waals surface area contributed by atoms with Crippen LogP contribution in [0.1, 0.15) is 0 Å². The van der Waals surface area contributed by atoms with Crippen LogP contribution in [0, 0.1) is 3.57 Å². The third-order valence-corrected chi connectivity index (χ3v) is 4.98. The van der Waals surface area contributed by atoms with Gasteiger partial charge < -0.3 is 0 Å². The topological polar surface area (TPSA) is 20.2 Å². The van der Waals surface area contributed by atoms with Crippen LogP contribution in [0.5, 0.6) is 0 Å². The van der Waals surface area contributed by atoms with Crippen LogP contribution in [0.15, 0.2) is 30.3 Å². The summed E-state index contributed by atoms with van der Waals surface area (Å²) in [5.74, 6) is 0. The van der Waals surface area contributed by atoms with E-state index >= 15 is 0 Å². The van der Waals surface area contributed by atoms with E-state index in [2.05, 4.69) is 12.7 Å². The Hall–Kier alpha value is 0.390. The Kier molecular flexibility index (Phi) is 2.94. The molecule has 0 atom stereocenters. The summed E-state index contributed by atoms with van der Waals surface area (Å²) in [6.07, 6.45) is 0. The third kappa shape index (κ3) is 2.23. The Labute approximate surface area is 67.8 Å². The normalized spacial score (nSPS) is 11.1. The zero-order chi connectivity index (χ0) is 6.69. The fourth-order valence-electron chi connectivity index (χ4n) is 0.519. The van der Waals surface area contributed by atoms with Gasteiger partial charge in [0.05, 0.1) is 0 Å². The molecule has 0 aliphatic heterocycles. The van der Waals surface area contributed by atoms with Gasteiger partial charge in [-0.15, -0.1) is 0 Å². The third-order valence-electron chi connectivity index (χ3n) is 0.913. The molecule has 9 heavy (non-hydrogen) atoms. The molecule has 0 unspecified atom stereocenters. The molecular formula is C6H6BrIO. The molecule has 1 rings (SSSR count). The van der Waals surface area contributed by atoms with Gasteiger partial charge in [-0.1, -0.05) is 0 Å². The van der Waals surface area contributed by atoms with Crippen molar-refractivity contribution < 1.29 is 3.44 Å². The van der Waals surface area contributed by atoms with Gasteiger partial charge in [0.15, 0.2) is 0 Å². The molecule has 0 heterocycles. The molecule has 0 amide bonds. The summed E-state index contributed by atoms with van der Waals surface area (Å²) in [5, 5.41) is 0. The van der Waals surface area contributed by atoms with Crippen LogP contribution in [0.25, 0.3) is 0 Å². The molecule has 50 valence electrons. The summed E-state index contributed by atoms with van der Waals surface area (Å²) in [7, 11) is 0. The van der Waals surface area contributed by atoms with Crippen molar-refractivity contribution >= 4 is 30.7 Å². The fraction of sp³-hybridized carbons (Fsp3) is 0. The standard InChI is InChI=1S/C6H6BrIO/c7-8(9)6-4-2-1-3-5-6/h1-5,9H. The van der Waals surface area contributed by atoms with Gasteiger partial charge in [-0.3, -0.25) is 0 Å². The Bertz CT molecular complexity index is 176. The molecule has 0 spiro atoms. The minimum atomic E-state index is -1.87. The first-order valence-electron chi connectivity index (χ1n) is 2.41. The van der Waals surface area contributed by atoms with Crippen molar-refractivity contribution in [2.45, 2.75) is 0 Å². The predicted octanol–water partition coefficient (Wildman–Crippen LogP) is 2.58. The predicted molar refractivity (Wildman–Crippen MR) is 50.3 cm³/mol. The van der Waals surface area contributed by atoms with Crippen molar-refractivity contribution in [2.24, 2.45) is 0 Å². The number of benzene rings is 1. The summed E-state index contributed by atoms with van der Waals surface area (Å²) in [5.41, 5.74) is 0. The maximum absolute atomic E-state index is 9.10. The molecule has 0 aliphatic carbocycles. The molecular weight excluding hydrogens is 295 g/mol. The molecule has 1 nitrogen and oxygen atoms in total. The molecule has 0 saturated heterocycles. The summed E-state index contributed by atoms with van der Waals surface area (Å²) in [6.45, 7) is 0. The van der Waals surface area contributed by atoms with Gasteiger partial charge in [0.1, 0.15) is 0 Å². The number of rotatable bonds is 1. The summed E-state index contributed by atoms with van der Waals surface area (Å²) >= 11 is 1.33. The van der Waals surface area contributed by atoms with E-state index in [0.717, 1.165) is 3.57 Å². The van der Waals surface area contributed by atoms with Gasteiger partial charge in [-0.05, 0) is 0 Å². The molecule has 0 radical (unpaired) electrons. The van der Waals surface area contributed by atoms with E-state index in [4.69, 9.17) is 3.44 Å². The monoisotopic (exact) mass is 300 g/mol. The van der Waals surface area contributed by atoms with E-state index in [1.807, 2.05) is 30.3 Å². The van der Waals surface area contributed by atoms with Crippen LogP contribution in [0.2, 0.25) is 0 Å². The van der Waals surface area contributed by atoms with Crippen molar-refractivity contribution in [3.05, 3.63) is 33.9 Å². The van der Waals surface area contributed by atoms with Gasteiger partial charge in [0, 0.05) is 0 Å². The molecule has 0 aliphatic rings. The van der Waals surface area contributed by atoms with Crippen LogP contribution in [-0.4, -0.2) is 3.44 Å². The molecule has 1 aromatic carbocycles. The summed E-state index contributed by atoms with van der Waals surface area (Å²) in [6, 6.07) is 9.66. The number of halogens is 2. The Balaban J connectivity index is 2.85. The first kappa shape index (κ1) is 7.50. The Morgan fingerprint density at radius 2 is 1.78 bits per heavy atom. The summed E-state index contributed by atoms with van der Waals surface area (Å²) < 4.78 is 10.1. The van der Waals surface area contributed by atoms with E-state index in [9.17, 15) is 0 Å². The van der Waals surface area contributed by atoms with Crippen molar-refractivity contribution in [1.82, 2.24) is 0 Å². The van der Waals surface area contributed by atoms with Gasteiger partial charge in [0.2, 0.25) is 0 Å². The van der Waals surface area contributed by atoms with Gasteiger partial charge in [-0.2, -0.15) is 0 Å². The van der Waals surface area contributed by atoms with Crippen molar-refractivity contribution in [2.75, 3.05) is 0 Å². The van der Waals surface area contributed by atoms with E-state index < -0.39 is 18.0 Å².